The Balaban J connectivity index is 0.00000400. The number of benzene rings is 1. The molecule has 4 unspecified atom stereocenters. The van der Waals surface area contributed by atoms with Crippen LogP contribution in [0.5, 0.6) is 0 Å². The van der Waals surface area contributed by atoms with Crippen molar-refractivity contribution in [2.45, 2.75) is 39.3 Å². The zero-order chi connectivity index (χ0) is 15.1. The predicted molar refractivity (Wildman–Crippen MR) is 88.3 cm³/mol. The van der Waals surface area contributed by atoms with Crippen LogP contribution >= 0.6 is 12.4 Å². The number of nitrogens with one attached hydrogen (secondary N) is 1. The number of aliphatic hydroxyl groups is 1. The van der Waals surface area contributed by atoms with Crippen LogP contribution in [0.25, 0.3) is 0 Å². The Morgan fingerprint density at radius 3 is 2.38 bits per heavy atom. The lowest BCUT2D eigenvalue weighted by Crippen LogP contribution is -2.40. The number of halogens is 1. The molecule has 5 heteroatoms. The van der Waals surface area contributed by atoms with Crippen LogP contribution < -0.4 is 11.1 Å². The number of rotatable bonds is 7. The van der Waals surface area contributed by atoms with Crippen LogP contribution in [0.4, 0.5) is 0 Å². The van der Waals surface area contributed by atoms with Crippen LogP contribution in [0.2, 0.25) is 0 Å². The van der Waals surface area contributed by atoms with Gasteiger partial charge in [-0.2, -0.15) is 0 Å². The van der Waals surface area contributed by atoms with E-state index in [4.69, 9.17) is 5.73 Å². The third-order valence-corrected chi connectivity index (χ3v) is 3.92. The summed E-state index contributed by atoms with van der Waals surface area (Å²) in [6.07, 6.45) is 0.375. The maximum atomic E-state index is 12.1. The molecular formula is C16H27ClN2O2. The minimum atomic E-state index is -0.510. The van der Waals surface area contributed by atoms with Crippen LogP contribution in [0.3, 0.4) is 0 Å². The number of hydrogen-bond acceptors (Lipinski definition) is 3. The first kappa shape index (κ1) is 19.9. The van der Waals surface area contributed by atoms with E-state index in [1.54, 1.807) is 0 Å². The molecule has 1 aromatic rings. The van der Waals surface area contributed by atoms with E-state index in [0.29, 0.717) is 0 Å². The molecule has 0 aromatic heterocycles. The Bertz CT molecular complexity index is 414. The first-order chi connectivity index (χ1) is 9.47. The number of carbonyl (C=O) groups is 1. The predicted octanol–water partition coefficient (Wildman–Crippen LogP) is 2.27. The standard InChI is InChI=1S/C16H26N2O2.ClH/c1-4-11(2)14(19)10-18-16(20)12(3)15(17)13-8-6-5-7-9-13;/h5-9,11-12,14-15,19H,4,10,17H2,1-3H3,(H,18,20);1H. The minimum Gasteiger partial charge on any atom is -0.391 e. The molecule has 21 heavy (non-hydrogen) atoms. The van der Waals surface area contributed by atoms with E-state index in [2.05, 4.69) is 5.32 Å². The molecule has 0 saturated heterocycles. The van der Waals surface area contributed by atoms with Crippen molar-refractivity contribution in [1.82, 2.24) is 5.32 Å². The van der Waals surface area contributed by atoms with E-state index in [9.17, 15) is 9.90 Å². The van der Waals surface area contributed by atoms with Gasteiger partial charge in [0.2, 0.25) is 5.91 Å². The van der Waals surface area contributed by atoms with Gasteiger partial charge in [-0.15, -0.1) is 12.4 Å². The molecule has 120 valence electrons. The van der Waals surface area contributed by atoms with E-state index in [-0.39, 0.29) is 42.7 Å². The van der Waals surface area contributed by atoms with Gasteiger partial charge >= 0.3 is 0 Å². The van der Waals surface area contributed by atoms with Crippen LogP contribution in [0.15, 0.2) is 30.3 Å². The Kier molecular flexibility index (Phi) is 9.26. The van der Waals surface area contributed by atoms with Crippen LogP contribution in [0, 0.1) is 11.8 Å². The highest BCUT2D eigenvalue weighted by Crippen LogP contribution is 2.19. The average Bonchev–Trinajstić information content (AvgIpc) is 2.50. The van der Waals surface area contributed by atoms with Gasteiger partial charge in [0, 0.05) is 12.6 Å². The van der Waals surface area contributed by atoms with E-state index in [1.807, 2.05) is 51.1 Å². The van der Waals surface area contributed by atoms with Gasteiger partial charge in [-0.1, -0.05) is 57.5 Å². The van der Waals surface area contributed by atoms with Crippen molar-refractivity contribution in [2.75, 3.05) is 6.54 Å². The van der Waals surface area contributed by atoms with Gasteiger partial charge in [-0.25, -0.2) is 0 Å². The number of hydrogen-bond donors (Lipinski definition) is 3. The van der Waals surface area contributed by atoms with Gasteiger partial charge in [0.1, 0.15) is 0 Å². The summed E-state index contributed by atoms with van der Waals surface area (Å²) < 4.78 is 0. The van der Waals surface area contributed by atoms with Gasteiger partial charge in [0.15, 0.2) is 0 Å². The molecule has 4 N–H and O–H groups in total. The fourth-order valence-electron chi connectivity index (χ4n) is 1.97. The molecule has 0 saturated carbocycles. The fourth-order valence-corrected chi connectivity index (χ4v) is 1.97. The van der Waals surface area contributed by atoms with Crippen molar-refractivity contribution in [3.05, 3.63) is 35.9 Å². The van der Waals surface area contributed by atoms with Crippen molar-refractivity contribution < 1.29 is 9.90 Å². The topological polar surface area (TPSA) is 75.3 Å². The number of carbonyl (C=O) groups excluding carboxylic acids is 1. The first-order valence-electron chi connectivity index (χ1n) is 7.23. The van der Waals surface area contributed by atoms with Crippen LogP contribution in [0.1, 0.15) is 38.8 Å². The molecule has 4 atom stereocenters. The number of nitrogens with two attached hydrogens (primary N) is 1. The summed E-state index contributed by atoms with van der Waals surface area (Å²) in [5.74, 6) is -0.279. The van der Waals surface area contributed by atoms with Crippen molar-refractivity contribution >= 4 is 18.3 Å². The normalized spacial score (nSPS) is 16.2. The molecule has 0 bridgehead atoms. The van der Waals surface area contributed by atoms with Crippen molar-refractivity contribution in [3.63, 3.8) is 0 Å². The van der Waals surface area contributed by atoms with Gasteiger partial charge in [0.25, 0.3) is 0 Å². The molecule has 0 radical (unpaired) electrons. The summed E-state index contributed by atoms with van der Waals surface area (Å²) in [4.78, 5) is 12.1. The molecule has 0 spiro atoms. The Morgan fingerprint density at radius 1 is 1.29 bits per heavy atom. The summed E-state index contributed by atoms with van der Waals surface area (Å²) >= 11 is 0. The monoisotopic (exact) mass is 314 g/mol. The fraction of sp³-hybridized carbons (Fsp3) is 0.562. The summed E-state index contributed by atoms with van der Waals surface area (Å²) in [5, 5.41) is 12.6. The second kappa shape index (κ2) is 9.77. The molecule has 1 aromatic carbocycles. The highest BCUT2D eigenvalue weighted by molar-refractivity contribution is 5.85. The lowest BCUT2D eigenvalue weighted by molar-refractivity contribution is -0.125. The lowest BCUT2D eigenvalue weighted by atomic mass is 9.94. The smallest absolute Gasteiger partial charge is 0.224 e. The zero-order valence-electron chi connectivity index (χ0n) is 13.0. The zero-order valence-corrected chi connectivity index (χ0v) is 13.8. The van der Waals surface area contributed by atoms with Crippen LogP contribution in [-0.2, 0) is 4.79 Å². The van der Waals surface area contributed by atoms with Gasteiger partial charge in [-0.3, -0.25) is 4.79 Å². The highest BCUT2D eigenvalue weighted by Gasteiger charge is 2.23. The number of aliphatic hydroxyl groups excluding tert-OH is 1. The first-order valence-corrected chi connectivity index (χ1v) is 7.23. The Labute approximate surface area is 133 Å². The van der Waals surface area contributed by atoms with E-state index < -0.39 is 6.10 Å². The van der Waals surface area contributed by atoms with Gasteiger partial charge in [0.05, 0.1) is 12.0 Å². The number of amides is 1. The van der Waals surface area contributed by atoms with Crippen molar-refractivity contribution in [1.29, 1.82) is 0 Å². The van der Waals surface area contributed by atoms with E-state index in [0.717, 1.165) is 12.0 Å². The molecule has 0 heterocycles. The summed E-state index contributed by atoms with van der Waals surface area (Å²) in [6.45, 7) is 6.07. The molecule has 0 aliphatic carbocycles. The minimum absolute atomic E-state index is 0. The molecule has 1 amide bonds. The van der Waals surface area contributed by atoms with E-state index in [1.165, 1.54) is 0 Å². The van der Waals surface area contributed by atoms with Gasteiger partial charge < -0.3 is 16.2 Å². The van der Waals surface area contributed by atoms with Crippen molar-refractivity contribution in [2.24, 2.45) is 17.6 Å². The third kappa shape index (κ3) is 6.04. The summed E-state index contributed by atoms with van der Waals surface area (Å²) in [6, 6.07) is 9.24. The molecule has 0 aliphatic rings. The quantitative estimate of drug-likeness (QED) is 0.722. The third-order valence-electron chi connectivity index (χ3n) is 3.92. The Morgan fingerprint density at radius 2 is 1.86 bits per heavy atom. The SMILES string of the molecule is CCC(C)C(O)CNC(=O)C(C)C(N)c1ccccc1.Cl. The van der Waals surface area contributed by atoms with Crippen LogP contribution in [-0.4, -0.2) is 23.7 Å². The molecule has 0 aliphatic heterocycles. The average molecular weight is 315 g/mol. The summed E-state index contributed by atoms with van der Waals surface area (Å²) in [5.41, 5.74) is 7.05. The van der Waals surface area contributed by atoms with Gasteiger partial charge in [-0.05, 0) is 11.5 Å². The second-order valence-electron chi connectivity index (χ2n) is 5.42. The second-order valence-corrected chi connectivity index (χ2v) is 5.42. The maximum absolute atomic E-state index is 12.1. The molecule has 4 nitrogen and oxygen atoms in total. The molecule has 1 rings (SSSR count). The van der Waals surface area contributed by atoms with E-state index >= 15 is 0 Å². The largest absolute Gasteiger partial charge is 0.391 e. The lowest BCUT2D eigenvalue weighted by Gasteiger charge is -2.22. The highest BCUT2D eigenvalue weighted by atomic mass is 35.5. The molecular weight excluding hydrogens is 288 g/mol. The maximum Gasteiger partial charge on any atom is 0.224 e. The summed E-state index contributed by atoms with van der Waals surface area (Å²) in [7, 11) is 0. The van der Waals surface area contributed by atoms with Crippen molar-refractivity contribution in [3.8, 4) is 0 Å². The Hall–Kier alpha value is -1.10. The molecule has 0 fully saturated rings.